The number of aliphatic imine (C=N–C) groups is 1. The van der Waals surface area contributed by atoms with Crippen LogP contribution in [0.2, 0.25) is 5.02 Å². The Hall–Kier alpha value is -3.19. The van der Waals surface area contributed by atoms with E-state index in [1.807, 2.05) is 54.0 Å². The average Bonchev–Trinajstić information content (AvgIpc) is 3.06. The molecule has 29 heavy (non-hydrogen) atoms. The number of nitrogens with zero attached hydrogens (tertiary/aromatic N) is 4. The number of aromatic nitrogens is 3. The highest BCUT2D eigenvalue weighted by Crippen LogP contribution is 2.34. The summed E-state index contributed by atoms with van der Waals surface area (Å²) >= 11 is 6.09. The van der Waals surface area contributed by atoms with Crippen LogP contribution in [0, 0.1) is 6.92 Å². The fraction of sp³-hybridized carbons (Fsp3) is 0.238. The Kier molecular flexibility index (Phi) is 5.07. The molecule has 1 atom stereocenters. The minimum Gasteiger partial charge on any atom is -0.497 e. The van der Waals surface area contributed by atoms with Gasteiger partial charge in [-0.25, -0.2) is 0 Å². The Morgan fingerprint density at radius 2 is 1.97 bits per heavy atom. The predicted octanol–water partition coefficient (Wildman–Crippen LogP) is 3.27. The van der Waals surface area contributed by atoms with Crippen LogP contribution in [0.15, 0.2) is 47.5 Å². The van der Waals surface area contributed by atoms with Gasteiger partial charge in [0.1, 0.15) is 17.6 Å². The summed E-state index contributed by atoms with van der Waals surface area (Å²) in [5.41, 5.74) is 3.39. The van der Waals surface area contributed by atoms with Crippen molar-refractivity contribution >= 4 is 23.2 Å². The van der Waals surface area contributed by atoms with Crippen molar-refractivity contribution in [3.8, 4) is 11.4 Å². The second kappa shape index (κ2) is 7.67. The molecule has 1 N–H and O–H groups in total. The van der Waals surface area contributed by atoms with Crippen molar-refractivity contribution in [2.75, 3.05) is 14.2 Å². The number of halogens is 1. The number of ether oxygens (including phenoxy) is 1. The summed E-state index contributed by atoms with van der Waals surface area (Å²) in [6.45, 7) is 1.88. The molecule has 0 saturated heterocycles. The Balaban J connectivity index is 1.99. The topological polar surface area (TPSA) is 81.4 Å². The zero-order valence-electron chi connectivity index (χ0n) is 16.3. The number of amides is 1. The molecule has 4 rings (SSSR count). The molecule has 1 unspecified atom stereocenters. The van der Waals surface area contributed by atoms with Crippen LogP contribution < -0.4 is 10.1 Å². The van der Waals surface area contributed by atoms with E-state index in [4.69, 9.17) is 21.3 Å². The minimum absolute atomic E-state index is 0.120. The van der Waals surface area contributed by atoms with Gasteiger partial charge in [0.15, 0.2) is 5.82 Å². The molecule has 1 amide bonds. The first-order chi connectivity index (χ1) is 14.0. The van der Waals surface area contributed by atoms with Crippen LogP contribution in [0.3, 0.4) is 0 Å². The molecule has 7 nitrogen and oxygen atoms in total. The third-order valence-electron chi connectivity index (χ3n) is 4.91. The molecule has 2 aromatic carbocycles. The van der Waals surface area contributed by atoms with E-state index < -0.39 is 6.04 Å². The Bertz CT molecular complexity index is 1100. The molecular formula is C21H20ClN5O2. The number of fused-ring (bicyclic) bond motifs is 3. The lowest BCUT2D eigenvalue weighted by Crippen LogP contribution is -2.21. The maximum absolute atomic E-state index is 12.2. The average molecular weight is 410 g/mol. The van der Waals surface area contributed by atoms with E-state index in [9.17, 15) is 4.79 Å². The summed E-state index contributed by atoms with van der Waals surface area (Å²) in [5, 5.41) is 11.9. The molecule has 0 bridgehead atoms. The summed E-state index contributed by atoms with van der Waals surface area (Å²) in [7, 11) is 3.24. The van der Waals surface area contributed by atoms with Crippen molar-refractivity contribution < 1.29 is 9.53 Å². The molecule has 0 saturated carbocycles. The van der Waals surface area contributed by atoms with E-state index in [0.717, 1.165) is 28.4 Å². The zero-order valence-corrected chi connectivity index (χ0v) is 17.1. The molecule has 0 spiro atoms. The van der Waals surface area contributed by atoms with E-state index in [2.05, 4.69) is 15.5 Å². The third-order valence-corrected chi connectivity index (χ3v) is 5.16. The predicted molar refractivity (Wildman–Crippen MR) is 111 cm³/mol. The maximum Gasteiger partial charge on any atom is 0.222 e. The number of hydrogen-bond donors (Lipinski definition) is 1. The fourth-order valence-electron chi connectivity index (χ4n) is 3.45. The lowest BCUT2D eigenvalue weighted by Gasteiger charge is -2.14. The zero-order chi connectivity index (χ0) is 20.5. The van der Waals surface area contributed by atoms with Crippen molar-refractivity contribution in [1.29, 1.82) is 0 Å². The SMILES string of the molecule is CNC(=O)CC1N=C(c2ccc(Cl)cc2)c2cc(OC)ccc2-n2c(C)nnc21. The van der Waals surface area contributed by atoms with Gasteiger partial charge in [-0.1, -0.05) is 23.7 Å². The van der Waals surface area contributed by atoms with Gasteiger partial charge < -0.3 is 10.1 Å². The molecule has 0 fully saturated rings. The number of rotatable bonds is 4. The smallest absolute Gasteiger partial charge is 0.222 e. The number of methoxy groups -OCH3 is 1. The molecule has 0 aliphatic carbocycles. The van der Waals surface area contributed by atoms with Gasteiger partial charge in [-0.05, 0) is 37.3 Å². The van der Waals surface area contributed by atoms with Crippen LogP contribution in [0.5, 0.6) is 5.75 Å². The standard InChI is InChI=1S/C21H20ClN5O2/c1-12-25-26-21-17(11-19(28)23-2)24-20(13-4-6-14(22)7-5-13)16-10-15(29-3)8-9-18(16)27(12)21/h4-10,17H,11H2,1-3H3,(H,23,28). The Labute approximate surface area is 173 Å². The van der Waals surface area contributed by atoms with Crippen LogP contribution in [-0.2, 0) is 4.79 Å². The molecule has 1 aliphatic rings. The van der Waals surface area contributed by atoms with Crippen molar-refractivity contribution in [2.24, 2.45) is 4.99 Å². The number of carbonyl (C=O) groups excluding carboxylic acids is 1. The van der Waals surface area contributed by atoms with Gasteiger partial charge in [-0.15, -0.1) is 10.2 Å². The summed E-state index contributed by atoms with van der Waals surface area (Å²) < 4.78 is 7.41. The van der Waals surface area contributed by atoms with E-state index in [1.54, 1.807) is 14.2 Å². The number of aryl methyl sites for hydroxylation is 1. The first-order valence-corrected chi connectivity index (χ1v) is 9.54. The van der Waals surface area contributed by atoms with Gasteiger partial charge in [0.2, 0.25) is 5.91 Å². The van der Waals surface area contributed by atoms with E-state index >= 15 is 0 Å². The number of benzene rings is 2. The van der Waals surface area contributed by atoms with Crippen LogP contribution >= 0.6 is 11.6 Å². The van der Waals surface area contributed by atoms with Gasteiger partial charge in [-0.2, -0.15) is 0 Å². The lowest BCUT2D eigenvalue weighted by molar-refractivity contribution is -0.121. The Morgan fingerprint density at radius 1 is 1.21 bits per heavy atom. The highest BCUT2D eigenvalue weighted by atomic mass is 35.5. The summed E-state index contributed by atoms with van der Waals surface area (Å²) in [5.74, 6) is 1.94. The maximum atomic E-state index is 12.2. The molecule has 148 valence electrons. The van der Waals surface area contributed by atoms with Gasteiger partial charge in [0, 0.05) is 23.2 Å². The Morgan fingerprint density at radius 3 is 2.66 bits per heavy atom. The second-order valence-electron chi connectivity index (χ2n) is 6.70. The first-order valence-electron chi connectivity index (χ1n) is 9.17. The van der Waals surface area contributed by atoms with Gasteiger partial charge in [-0.3, -0.25) is 14.4 Å². The summed E-state index contributed by atoms with van der Waals surface area (Å²) in [4.78, 5) is 17.2. The van der Waals surface area contributed by atoms with E-state index in [0.29, 0.717) is 16.6 Å². The van der Waals surface area contributed by atoms with Crippen LogP contribution in [0.25, 0.3) is 5.69 Å². The number of carbonyl (C=O) groups is 1. The molecule has 1 aliphatic heterocycles. The summed E-state index contributed by atoms with van der Waals surface area (Å²) in [6, 6.07) is 12.8. The highest BCUT2D eigenvalue weighted by Gasteiger charge is 2.29. The number of nitrogens with one attached hydrogen (secondary N) is 1. The highest BCUT2D eigenvalue weighted by molar-refractivity contribution is 6.30. The molecule has 1 aromatic heterocycles. The van der Waals surface area contributed by atoms with Crippen LogP contribution in [0.1, 0.15) is 35.2 Å². The van der Waals surface area contributed by atoms with Gasteiger partial charge in [0.05, 0.1) is 24.9 Å². The van der Waals surface area contributed by atoms with Crippen molar-refractivity contribution in [3.63, 3.8) is 0 Å². The molecule has 8 heteroatoms. The van der Waals surface area contributed by atoms with E-state index in [1.165, 1.54) is 0 Å². The van der Waals surface area contributed by atoms with Crippen molar-refractivity contribution in [2.45, 2.75) is 19.4 Å². The lowest BCUT2D eigenvalue weighted by atomic mass is 10.00. The fourth-order valence-corrected chi connectivity index (χ4v) is 3.58. The molecule has 2 heterocycles. The third kappa shape index (κ3) is 3.49. The van der Waals surface area contributed by atoms with Crippen molar-refractivity contribution in [3.05, 3.63) is 70.3 Å². The van der Waals surface area contributed by atoms with Gasteiger partial charge in [0.25, 0.3) is 0 Å². The molecule has 3 aromatic rings. The van der Waals surface area contributed by atoms with Crippen LogP contribution in [-0.4, -0.2) is 40.5 Å². The second-order valence-corrected chi connectivity index (χ2v) is 7.14. The number of hydrogen-bond acceptors (Lipinski definition) is 5. The largest absolute Gasteiger partial charge is 0.497 e. The van der Waals surface area contributed by atoms with Crippen LogP contribution in [0.4, 0.5) is 0 Å². The minimum atomic E-state index is -0.486. The quantitative estimate of drug-likeness (QED) is 0.717. The molecule has 0 radical (unpaired) electrons. The normalized spacial score (nSPS) is 15.0. The first kappa shape index (κ1) is 19.1. The van der Waals surface area contributed by atoms with E-state index in [-0.39, 0.29) is 12.3 Å². The monoisotopic (exact) mass is 409 g/mol. The van der Waals surface area contributed by atoms with Gasteiger partial charge >= 0.3 is 0 Å². The molecular weight excluding hydrogens is 390 g/mol. The summed E-state index contributed by atoms with van der Waals surface area (Å²) in [6.07, 6.45) is 0.164. The van der Waals surface area contributed by atoms with Crippen molar-refractivity contribution in [1.82, 2.24) is 20.1 Å².